The van der Waals surface area contributed by atoms with Gasteiger partial charge in [-0.05, 0) is 62.6 Å². The lowest BCUT2D eigenvalue weighted by Crippen LogP contribution is -2.39. The summed E-state index contributed by atoms with van der Waals surface area (Å²) in [4.78, 5) is 11.6. The van der Waals surface area contributed by atoms with Crippen molar-refractivity contribution in [3.63, 3.8) is 0 Å². The molecule has 0 bridgehead atoms. The third-order valence-corrected chi connectivity index (χ3v) is 8.73. The van der Waals surface area contributed by atoms with Crippen molar-refractivity contribution >= 4 is 21.6 Å². The third kappa shape index (κ3) is 4.45. The minimum Gasteiger partial charge on any atom is -0.490 e. The quantitative estimate of drug-likeness (QED) is 0.503. The first-order chi connectivity index (χ1) is 16.7. The summed E-state index contributed by atoms with van der Waals surface area (Å²) in [6.07, 6.45) is 0. The van der Waals surface area contributed by atoms with Crippen LogP contribution in [-0.2, 0) is 15.6 Å². The summed E-state index contributed by atoms with van der Waals surface area (Å²) in [5.74, 6) is -2.48. The molecule has 0 saturated heterocycles. The number of aromatic amines is 1. The lowest BCUT2D eigenvalue weighted by molar-refractivity contribution is 0.0742. The third-order valence-electron chi connectivity index (χ3n) is 6.51. The van der Waals surface area contributed by atoms with Gasteiger partial charge in [0.1, 0.15) is 29.1 Å². The highest BCUT2D eigenvalue weighted by molar-refractivity contribution is 7.89. The molecule has 0 spiro atoms. The summed E-state index contributed by atoms with van der Waals surface area (Å²) in [6.45, 7) is 7.88. The van der Waals surface area contributed by atoms with E-state index in [4.69, 9.17) is 20.8 Å². The van der Waals surface area contributed by atoms with Crippen LogP contribution in [0.4, 0.5) is 4.39 Å². The van der Waals surface area contributed by atoms with Gasteiger partial charge in [0.15, 0.2) is 0 Å². The van der Waals surface area contributed by atoms with Gasteiger partial charge in [-0.3, -0.25) is 0 Å². The largest absolute Gasteiger partial charge is 0.490 e. The lowest BCUT2D eigenvalue weighted by Gasteiger charge is -2.32. The number of aryl methyl sites for hydroxylation is 1. The van der Waals surface area contributed by atoms with E-state index in [1.165, 1.54) is 32.0 Å². The molecule has 0 aliphatic carbocycles. The van der Waals surface area contributed by atoms with Crippen LogP contribution in [0.5, 0.6) is 5.75 Å². The number of hydrogen-bond donors (Lipinski definition) is 2. The molecular formula is C24H27ClFN3O6S. The number of fused-ring (bicyclic) bond motifs is 1. The molecule has 0 amide bonds. The molecule has 194 valence electrons. The van der Waals surface area contributed by atoms with Gasteiger partial charge in [-0.25, -0.2) is 22.7 Å². The van der Waals surface area contributed by atoms with E-state index in [0.717, 1.165) is 9.87 Å². The lowest BCUT2D eigenvalue weighted by atomic mass is 9.87. The van der Waals surface area contributed by atoms with Crippen molar-refractivity contribution < 1.29 is 27.1 Å². The molecule has 1 unspecified atom stereocenters. The standard InChI is InChI=1S/C24H27ClFN3O6S/c1-12-6-8-16(26)18(13(12)2)14(3)20(22-27-28-23(30)35-22)29-10-11-34-21-17(36(29,32)33)9-7-15(25)19(21)24(4,5)31/h6-9,14,20,31H,10-11H2,1-5H3,(H,28,30)/t14?,20-/m0/s1. The van der Waals surface area contributed by atoms with E-state index in [9.17, 15) is 18.3 Å². The molecule has 2 N–H and O–H groups in total. The fourth-order valence-electron chi connectivity index (χ4n) is 4.70. The van der Waals surface area contributed by atoms with Crippen LogP contribution in [0.15, 0.2) is 38.4 Å². The highest BCUT2D eigenvalue weighted by Gasteiger charge is 2.44. The second-order valence-corrected chi connectivity index (χ2v) is 11.6. The second kappa shape index (κ2) is 9.29. The number of ether oxygens (including phenoxy) is 1. The van der Waals surface area contributed by atoms with E-state index in [0.29, 0.717) is 5.56 Å². The van der Waals surface area contributed by atoms with Gasteiger partial charge in [-0.2, -0.15) is 4.31 Å². The van der Waals surface area contributed by atoms with Gasteiger partial charge in [0.25, 0.3) is 0 Å². The van der Waals surface area contributed by atoms with Gasteiger partial charge in [-0.15, -0.1) is 5.10 Å². The van der Waals surface area contributed by atoms with Crippen LogP contribution in [0, 0.1) is 19.7 Å². The Balaban J connectivity index is 1.95. The monoisotopic (exact) mass is 539 g/mol. The van der Waals surface area contributed by atoms with E-state index < -0.39 is 39.2 Å². The van der Waals surface area contributed by atoms with E-state index in [-0.39, 0.29) is 45.8 Å². The van der Waals surface area contributed by atoms with Crippen LogP contribution in [0.3, 0.4) is 0 Å². The average molecular weight is 540 g/mol. The number of benzene rings is 2. The summed E-state index contributed by atoms with van der Waals surface area (Å²) in [7, 11) is -4.35. The number of nitrogens with zero attached hydrogens (tertiary/aromatic N) is 2. The van der Waals surface area contributed by atoms with Crippen molar-refractivity contribution in [1.82, 2.24) is 14.5 Å². The maximum Gasteiger partial charge on any atom is 0.434 e. The Hall–Kier alpha value is -2.73. The molecular weight excluding hydrogens is 513 g/mol. The molecule has 2 atom stereocenters. The molecule has 0 saturated carbocycles. The summed E-state index contributed by atoms with van der Waals surface area (Å²) in [5.41, 5.74) is 0.363. The Morgan fingerprint density at radius 3 is 2.56 bits per heavy atom. The number of sulfonamides is 1. The first-order valence-corrected chi connectivity index (χ1v) is 13.1. The number of halogens is 2. The fraction of sp³-hybridized carbons (Fsp3) is 0.417. The maximum atomic E-state index is 15.1. The Bertz CT molecular complexity index is 1480. The number of aliphatic hydroxyl groups is 1. The molecule has 4 rings (SSSR count). The van der Waals surface area contributed by atoms with Gasteiger partial charge >= 0.3 is 5.76 Å². The van der Waals surface area contributed by atoms with Crippen molar-refractivity contribution in [1.29, 1.82) is 0 Å². The van der Waals surface area contributed by atoms with Gasteiger partial charge < -0.3 is 14.3 Å². The zero-order chi connectivity index (χ0) is 26.6. The summed E-state index contributed by atoms with van der Waals surface area (Å²) < 4.78 is 55.4. The van der Waals surface area contributed by atoms with Crippen molar-refractivity contribution in [2.45, 2.75) is 57.1 Å². The number of aromatic nitrogens is 2. The first kappa shape index (κ1) is 26.3. The first-order valence-electron chi connectivity index (χ1n) is 11.3. The van der Waals surface area contributed by atoms with E-state index in [2.05, 4.69) is 10.2 Å². The van der Waals surface area contributed by atoms with Crippen molar-refractivity contribution in [2.24, 2.45) is 0 Å². The molecule has 0 fully saturated rings. The Labute approximate surface area is 212 Å². The second-order valence-electron chi connectivity index (χ2n) is 9.36. The average Bonchev–Trinajstić information content (AvgIpc) is 3.15. The Morgan fingerprint density at radius 1 is 1.25 bits per heavy atom. The van der Waals surface area contributed by atoms with Crippen LogP contribution in [-0.4, -0.2) is 41.2 Å². The molecule has 12 heteroatoms. The maximum absolute atomic E-state index is 15.1. The molecule has 1 aliphatic rings. The van der Waals surface area contributed by atoms with E-state index in [1.807, 2.05) is 6.92 Å². The highest BCUT2D eigenvalue weighted by Crippen LogP contribution is 2.46. The zero-order valence-electron chi connectivity index (χ0n) is 20.4. The fourth-order valence-corrected chi connectivity index (χ4v) is 6.86. The van der Waals surface area contributed by atoms with Crippen LogP contribution in [0.25, 0.3) is 0 Å². The van der Waals surface area contributed by atoms with Crippen molar-refractivity contribution in [3.05, 3.63) is 73.8 Å². The van der Waals surface area contributed by atoms with E-state index in [1.54, 1.807) is 19.9 Å². The smallest absolute Gasteiger partial charge is 0.434 e. The van der Waals surface area contributed by atoms with Gasteiger partial charge in [0.05, 0.1) is 10.6 Å². The van der Waals surface area contributed by atoms with Crippen LogP contribution in [0.2, 0.25) is 5.02 Å². The van der Waals surface area contributed by atoms with Gasteiger partial charge in [0, 0.05) is 18.0 Å². The van der Waals surface area contributed by atoms with Crippen LogP contribution >= 0.6 is 11.6 Å². The minimum absolute atomic E-state index is 0.0645. The van der Waals surface area contributed by atoms with Crippen molar-refractivity contribution in [3.8, 4) is 5.75 Å². The zero-order valence-corrected chi connectivity index (χ0v) is 22.0. The Kier molecular flexibility index (Phi) is 6.80. The number of rotatable bonds is 5. The number of H-pyrrole nitrogens is 1. The Morgan fingerprint density at radius 2 is 1.94 bits per heavy atom. The SMILES string of the molecule is Cc1ccc(F)c(C(C)[C@@H](c2n[nH]c(=O)o2)N2CCOc3c(ccc(Cl)c3C(C)(C)O)S2(=O)=O)c1C. The van der Waals surface area contributed by atoms with Crippen molar-refractivity contribution in [2.75, 3.05) is 13.2 Å². The van der Waals surface area contributed by atoms with Gasteiger partial charge in [0.2, 0.25) is 15.9 Å². The van der Waals surface area contributed by atoms with Crippen LogP contribution < -0.4 is 10.5 Å². The minimum atomic E-state index is -4.35. The van der Waals surface area contributed by atoms with Gasteiger partial charge in [-0.1, -0.05) is 24.6 Å². The normalized spacial score (nSPS) is 17.7. The number of hydrogen-bond acceptors (Lipinski definition) is 7. The molecule has 0 radical (unpaired) electrons. The molecule has 9 nitrogen and oxygen atoms in total. The molecule has 36 heavy (non-hydrogen) atoms. The summed E-state index contributed by atoms with van der Waals surface area (Å²) >= 11 is 6.32. The molecule has 1 aromatic heterocycles. The topological polar surface area (TPSA) is 126 Å². The van der Waals surface area contributed by atoms with Crippen LogP contribution in [0.1, 0.15) is 60.9 Å². The molecule has 2 heterocycles. The number of nitrogens with one attached hydrogen (secondary N) is 1. The molecule has 3 aromatic rings. The molecule has 1 aliphatic heterocycles. The summed E-state index contributed by atoms with van der Waals surface area (Å²) in [6, 6.07) is 4.43. The summed E-state index contributed by atoms with van der Waals surface area (Å²) in [5, 5.41) is 16.9. The predicted octanol–water partition coefficient (Wildman–Crippen LogP) is 3.93. The predicted molar refractivity (Wildman–Crippen MR) is 130 cm³/mol. The molecule has 2 aromatic carbocycles. The highest BCUT2D eigenvalue weighted by atomic mass is 35.5. The van der Waals surface area contributed by atoms with E-state index >= 15 is 4.39 Å².